The molecule has 0 radical (unpaired) electrons. The van der Waals surface area contributed by atoms with Gasteiger partial charge in [-0.3, -0.25) is 14.2 Å². The molecule has 0 saturated heterocycles. The molecule has 0 aromatic carbocycles. The first-order valence-corrected chi connectivity index (χ1v) is 7.21. The molecule has 0 spiro atoms. The van der Waals surface area contributed by atoms with Crippen LogP contribution in [-0.2, 0) is 24.1 Å². The molecule has 2 aromatic heterocycles. The molecule has 6 nitrogen and oxygen atoms in total. The summed E-state index contributed by atoms with van der Waals surface area (Å²) in [6.07, 6.45) is -0.538. The molecule has 2 aromatic rings. The van der Waals surface area contributed by atoms with Crippen molar-refractivity contribution in [3.05, 3.63) is 34.9 Å². The quantitative estimate of drug-likeness (QED) is 0.814. The molecule has 1 N–H and O–H groups in total. The van der Waals surface area contributed by atoms with Crippen LogP contribution in [0.2, 0.25) is 5.02 Å². The Morgan fingerprint density at radius 2 is 2.17 bits per heavy atom. The molecule has 0 bridgehead atoms. The highest BCUT2D eigenvalue weighted by molar-refractivity contribution is 6.32. The van der Waals surface area contributed by atoms with Crippen molar-refractivity contribution in [3.63, 3.8) is 0 Å². The number of carbonyl (C=O) groups is 1. The summed E-state index contributed by atoms with van der Waals surface area (Å²) in [5.74, 6) is -0.429. The fourth-order valence-electron chi connectivity index (χ4n) is 1.95. The second-order valence-electron chi connectivity index (χ2n) is 4.88. The van der Waals surface area contributed by atoms with Gasteiger partial charge in [0.25, 0.3) is 0 Å². The van der Waals surface area contributed by atoms with E-state index in [1.807, 2.05) is 0 Å². The Kier molecular flexibility index (Phi) is 5.30. The van der Waals surface area contributed by atoms with Crippen LogP contribution in [0.1, 0.15) is 17.8 Å². The van der Waals surface area contributed by atoms with Crippen LogP contribution in [-0.4, -0.2) is 32.0 Å². The van der Waals surface area contributed by atoms with E-state index < -0.39 is 22.8 Å². The lowest BCUT2D eigenvalue weighted by atomic mass is 10.3. The molecule has 23 heavy (non-hydrogen) atoms. The Morgan fingerprint density at radius 1 is 1.43 bits per heavy atom. The molecule has 126 valence electrons. The number of alkyl halides is 3. The molecule has 0 unspecified atom stereocenters. The highest BCUT2D eigenvalue weighted by Gasteiger charge is 2.38. The van der Waals surface area contributed by atoms with Crippen LogP contribution in [0.4, 0.5) is 13.2 Å². The van der Waals surface area contributed by atoms with E-state index in [4.69, 9.17) is 11.6 Å². The van der Waals surface area contributed by atoms with E-state index in [0.29, 0.717) is 19.5 Å². The lowest BCUT2D eigenvalue weighted by molar-refractivity contribution is -0.141. The minimum atomic E-state index is -4.65. The van der Waals surface area contributed by atoms with Gasteiger partial charge in [-0.25, -0.2) is 0 Å². The number of amides is 1. The molecule has 0 atom stereocenters. The summed E-state index contributed by atoms with van der Waals surface area (Å²) in [6.45, 7) is 2.09. The van der Waals surface area contributed by atoms with Gasteiger partial charge in [0.2, 0.25) is 5.91 Å². The second kappa shape index (κ2) is 7.03. The van der Waals surface area contributed by atoms with Crippen molar-refractivity contribution in [3.8, 4) is 0 Å². The molecule has 1 amide bonds. The molecular formula is C13H15ClF3N5O. The highest BCUT2D eigenvalue weighted by atomic mass is 35.5. The van der Waals surface area contributed by atoms with E-state index in [9.17, 15) is 18.0 Å². The summed E-state index contributed by atoms with van der Waals surface area (Å²) in [6, 6.07) is 1.79. The summed E-state index contributed by atoms with van der Waals surface area (Å²) in [7, 11) is 0. The summed E-state index contributed by atoms with van der Waals surface area (Å²) in [4.78, 5) is 11.8. The normalized spacial score (nSPS) is 11.7. The molecule has 0 aliphatic rings. The molecule has 0 aliphatic heterocycles. The van der Waals surface area contributed by atoms with Crippen LogP contribution >= 0.6 is 11.6 Å². The molecule has 2 heterocycles. The molecule has 0 fully saturated rings. The van der Waals surface area contributed by atoms with Gasteiger partial charge in [0.1, 0.15) is 6.54 Å². The number of rotatable bonds is 6. The van der Waals surface area contributed by atoms with Crippen molar-refractivity contribution < 1.29 is 18.0 Å². The predicted molar refractivity (Wildman–Crippen MR) is 76.8 cm³/mol. The standard InChI is InChI=1S/C13H15ClF3N5O/c1-9-11(14)12(13(15,16)17)20-22(9)8-10(23)18-4-2-6-21-7-3-5-19-21/h3,5,7H,2,4,6,8H2,1H3,(H,18,23). The zero-order valence-electron chi connectivity index (χ0n) is 12.3. The van der Waals surface area contributed by atoms with Crippen LogP contribution in [0.15, 0.2) is 18.5 Å². The second-order valence-corrected chi connectivity index (χ2v) is 5.25. The largest absolute Gasteiger partial charge is 0.436 e. The van der Waals surface area contributed by atoms with Crippen LogP contribution in [0, 0.1) is 6.92 Å². The maximum Gasteiger partial charge on any atom is 0.436 e. The topological polar surface area (TPSA) is 64.7 Å². The Labute approximate surface area is 135 Å². The molecule has 2 rings (SSSR count). The fraction of sp³-hybridized carbons (Fsp3) is 0.462. The SMILES string of the molecule is Cc1c(Cl)c(C(F)(F)F)nn1CC(=O)NCCCn1cccn1. The Bertz CT molecular complexity index is 666. The number of aromatic nitrogens is 4. The van der Waals surface area contributed by atoms with Gasteiger partial charge >= 0.3 is 6.18 Å². The third-order valence-corrected chi connectivity index (χ3v) is 3.59. The first-order valence-electron chi connectivity index (χ1n) is 6.83. The summed E-state index contributed by atoms with van der Waals surface area (Å²) < 4.78 is 40.8. The van der Waals surface area contributed by atoms with E-state index in [1.54, 1.807) is 23.1 Å². The molecule has 0 aliphatic carbocycles. The van der Waals surface area contributed by atoms with Gasteiger partial charge in [0, 0.05) is 25.5 Å². The lowest BCUT2D eigenvalue weighted by Gasteiger charge is -2.07. The number of halogens is 4. The van der Waals surface area contributed by atoms with Crippen LogP contribution < -0.4 is 5.32 Å². The minimum absolute atomic E-state index is 0.102. The number of aryl methyl sites for hydroxylation is 1. The Balaban J connectivity index is 1.85. The van der Waals surface area contributed by atoms with Gasteiger partial charge < -0.3 is 5.32 Å². The third-order valence-electron chi connectivity index (χ3n) is 3.14. The van der Waals surface area contributed by atoms with Gasteiger partial charge in [-0.1, -0.05) is 11.6 Å². The third kappa shape index (κ3) is 4.47. The maximum absolute atomic E-state index is 12.7. The van der Waals surface area contributed by atoms with E-state index in [-0.39, 0.29) is 12.2 Å². The van der Waals surface area contributed by atoms with Crippen molar-refractivity contribution in [2.24, 2.45) is 0 Å². The van der Waals surface area contributed by atoms with E-state index in [0.717, 1.165) is 4.68 Å². The zero-order valence-corrected chi connectivity index (χ0v) is 13.0. The van der Waals surface area contributed by atoms with Crippen molar-refractivity contribution in [1.82, 2.24) is 24.9 Å². The number of nitrogens with one attached hydrogen (secondary N) is 1. The summed E-state index contributed by atoms with van der Waals surface area (Å²) in [5, 5.41) is 9.53. The van der Waals surface area contributed by atoms with Crippen LogP contribution in [0.5, 0.6) is 0 Å². The Hall–Kier alpha value is -2.03. The van der Waals surface area contributed by atoms with E-state index in [2.05, 4.69) is 15.5 Å². The monoisotopic (exact) mass is 349 g/mol. The molecular weight excluding hydrogens is 335 g/mol. The van der Waals surface area contributed by atoms with Crippen LogP contribution in [0.25, 0.3) is 0 Å². The summed E-state index contributed by atoms with van der Waals surface area (Å²) >= 11 is 5.62. The highest BCUT2D eigenvalue weighted by Crippen LogP contribution is 2.35. The van der Waals surface area contributed by atoms with Crippen molar-refractivity contribution in [2.45, 2.75) is 32.6 Å². The van der Waals surface area contributed by atoms with Gasteiger partial charge in [-0.15, -0.1) is 0 Å². The van der Waals surface area contributed by atoms with Crippen molar-refractivity contribution >= 4 is 17.5 Å². The van der Waals surface area contributed by atoms with Gasteiger partial charge in [-0.05, 0) is 19.4 Å². The van der Waals surface area contributed by atoms with E-state index >= 15 is 0 Å². The smallest absolute Gasteiger partial charge is 0.354 e. The predicted octanol–water partition coefficient (Wildman–Crippen LogP) is 2.27. The number of hydrogen-bond donors (Lipinski definition) is 1. The first kappa shape index (κ1) is 17.3. The first-order chi connectivity index (χ1) is 10.8. The van der Waals surface area contributed by atoms with Gasteiger partial charge in [-0.2, -0.15) is 23.4 Å². The van der Waals surface area contributed by atoms with Gasteiger partial charge in [0.15, 0.2) is 5.69 Å². The molecule has 0 saturated carbocycles. The zero-order chi connectivity index (χ0) is 17.0. The maximum atomic E-state index is 12.7. The van der Waals surface area contributed by atoms with Gasteiger partial charge in [0.05, 0.1) is 10.7 Å². The minimum Gasteiger partial charge on any atom is -0.354 e. The Morgan fingerprint density at radius 3 is 2.74 bits per heavy atom. The van der Waals surface area contributed by atoms with E-state index in [1.165, 1.54) is 6.92 Å². The summed E-state index contributed by atoms with van der Waals surface area (Å²) in [5.41, 5.74) is -1.08. The average Bonchev–Trinajstić information content (AvgIpc) is 3.07. The number of carbonyl (C=O) groups excluding carboxylic acids is 1. The van der Waals surface area contributed by atoms with Crippen molar-refractivity contribution in [1.29, 1.82) is 0 Å². The molecule has 10 heteroatoms. The average molecular weight is 350 g/mol. The number of nitrogens with zero attached hydrogens (tertiary/aromatic N) is 4. The lowest BCUT2D eigenvalue weighted by Crippen LogP contribution is -2.29. The fourth-order valence-corrected chi connectivity index (χ4v) is 2.20. The van der Waals surface area contributed by atoms with Crippen LogP contribution in [0.3, 0.4) is 0 Å². The number of hydrogen-bond acceptors (Lipinski definition) is 3. The van der Waals surface area contributed by atoms with Crippen molar-refractivity contribution in [2.75, 3.05) is 6.54 Å².